The van der Waals surface area contributed by atoms with Crippen LogP contribution in [0.1, 0.15) is 4.88 Å². The molecule has 3 nitrogen and oxygen atoms in total. The Morgan fingerprint density at radius 1 is 1.38 bits per heavy atom. The van der Waals surface area contributed by atoms with E-state index in [9.17, 15) is 5.11 Å². The van der Waals surface area contributed by atoms with Crippen LogP contribution in [-0.2, 0) is 0 Å². The van der Waals surface area contributed by atoms with Crippen molar-refractivity contribution in [2.45, 2.75) is 0 Å². The van der Waals surface area contributed by atoms with Gasteiger partial charge < -0.3 is 10.8 Å². The van der Waals surface area contributed by atoms with Gasteiger partial charge in [-0.1, -0.05) is 12.1 Å². The topological polar surface area (TPSA) is 70.1 Å². The van der Waals surface area contributed by atoms with E-state index in [4.69, 9.17) is 11.1 Å². The standard InChI is InChI=1S/C9H8N2OS/c10-9(11)8-7(12)5-3-1-2-4-6(5)13-8/h1-4,12H,(H3,10,11). The first kappa shape index (κ1) is 8.07. The highest BCUT2D eigenvalue weighted by atomic mass is 32.1. The highest BCUT2D eigenvalue weighted by molar-refractivity contribution is 7.21. The van der Waals surface area contributed by atoms with Crippen LogP contribution in [0.15, 0.2) is 24.3 Å². The van der Waals surface area contributed by atoms with Crippen LogP contribution in [-0.4, -0.2) is 10.9 Å². The van der Waals surface area contributed by atoms with Crippen molar-refractivity contribution in [1.82, 2.24) is 0 Å². The molecule has 2 aromatic rings. The Morgan fingerprint density at radius 2 is 2.08 bits per heavy atom. The van der Waals surface area contributed by atoms with E-state index in [1.54, 1.807) is 0 Å². The third kappa shape index (κ3) is 1.15. The lowest BCUT2D eigenvalue weighted by atomic mass is 10.2. The highest BCUT2D eigenvalue weighted by Gasteiger charge is 2.11. The Kier molecular flexibility index (Phi) is 1.70. The van der Waals surface area contributed by atoms with Gasteiger partial charge in [0.1, 0.15) is 16.5 Å². The number of nitrogens with two attached hydrogens (primary N) is 1. The summed E-state index contributed by atoms with van der Waals surface area (Å²) in [5, 5.41) is 17.6. The van der Waals surface area contributed by atoms with Crippen LogP contribution in [0.5, 0.6) is 5.75 Å². The van der Waals surface area contributed by atoms with Gasteiger partial charge in [0, 0.05) is 10.1 Å². The van der Waals surface area contributed by atoms with Crippen molar-refractivity contribution in [3.63, 3.8) is 0 Å². The predicted molar refractivity (Wildman–Crippen MR) is 54.5 cm³/mol. The number of nitrogens with one attached hydrogen (secondary N) is 1. The largest absolute Gasteiger partial charge is 0.506 e. The molecule has 0 saturated heterocycles. The van der Waals surface area contributed by atoms with Crippen molar-refractivity contribution in [1.29, 1.82) is 5.41 Å². The van der Waals surface area contributed by atoms with Crippen molar-refractivity contribution in [2.24, 2.45) is 5.73 Å². The lowest BCUT2D eigenvalue weighted by molar-refractivity contribution is 0.482. The second kappa shape index (κ2) is 2.74. The number of aromatic hydroxyl groups is 1. The minimum absolute atomic E-state index is 0.0845. The van der Waals surface area contributed by atoms with Crippen LogP contribution in [0.3, 0.4) is 0 Å². The van der Waals surface area contributed by atoms with Crippen LogP contribution in [0.2, 0.25) is 0 Å². The zero-order chi connectivity index (χ0) is 9.42. The molecule has 0 unspecified atom stereocenters. The zero-order valence-electron chi connectivity index (χ0n) is 6.74. The number of nitrogen functional groups attached to an aromatic ring is 1. The van der Waals surface area contributed by atoms with Gasteiger partial charge in [0.15, 0.2) is 0 Å². The Labute approximate surface area is 78.9 Å². The zero-order valence-corrected chi connectivity index (χ0v) is 7.56. The van der Waals surface area contributed by atoms with E-state index in [1.807, 2.05) is 24.3 Å². The van der Waals surface area contributed by atoms with Gasteiger partial charge >= 0.3 is 0 Å². The fourth-order valence-corrected chi connectivity index (χ4v) is 2.17. The summed E-state index contributed by atoms with van der Waals surface area (Å²) in [6, 6.07) is 7.45. The summed E-state index contributed by atoms with van der Waals surface area (Å²) in [6.07, 6.45) is 0. The van der Waals surface area contributed by atoms with Gasteiger partial charge in [0.05, 0.1) is 0 Å². The molecule has 0 spiro atoms. The quantitative estimate of drug-likeness (QED) is 0.477. The number of benzene rings is 1. The van der Waals surface area contributed by atoms with Gasteiger partial charge in [0.25, 0.3) is 0 Å². The Balaban J connectivity index is 2.81. The van der Waals surface area contributed by atoms with E-state index in [1.165, 1.54) is 11.3 Å². The van der Waals surface area contributed by atoms with E-state index in [-0.39, 0.29) is 11.6 Å². The van der Waals surface area contributed by atoms with Crippen molar-refractivity contribution in [3.8, 4) is 5.75 Å². The first-order chi connectivity index (χ1) is 6.20. The molecule has 13 heavy (non-hydrogen) atoms. The van der Waals surface area contributed by atoms with E-state index in [0.29, 0.717) is 4.88 Å². The summed E-state index contributed by atoms with van der Waals surface area (Å²) in [5.41, 5.74) is 5.31. The molecule has 0 aliphatic carbocycles. The maximum absolute atomic E-state index is 9.65. The molecular weight excluding hydrogens is 184 g/mol. The molecule has 0 saturated carbocycles. The average Bonchev–Trinajstić information content (AvgIpc) is 2.45. The predicted octanol–water partition coefficient (Wildman–Crippen LogP) is 1.89. The molecule has 2 rings (SSSR count). The summed E-state index contributed by atoms with van der Waals surface area (Å²) < 4.78 is 0.949. The monoisotopic (exact) mass is 192 g/mol. The van der Waals surface area contributed by atoms with Crippen molar-refractivity contribution >= 4 is 27.3 Å². The molecule has 1 aromatic heterocycles. The van der Waals surface area contributed by atoms with Crippen LogP contribution >= 0.6 is 11.3 Å². The summed E-state index contributed by atoms with van der Waals surface area (Å²) in [4.78, 5) is 0.446. The number of hydrogen-bond acceptors (Lipinski definition) is 3. The molecule has 0 amide bonds. The molecule has 0 aliphatic rings. The Hall–Kier alpha value is -1.55. The minimum atomic E-state index is -0.0845. The molecule has 4 N–H and O–H groups in total. The molecule has 1 aromatic carbocycles. The maximum atomic E-state index is 9.65. The molecule has 66 valence electrons. The number of hydrogen-bond donors (Lipinski definition) is 3. The van der Waals surface area contributed by atoms with Gasteiger partial charge in [-0.25, -0.2) is 0 Å². The molecule has 0 radical (unpaired) electrons. The molecule has 0 atom stereocenters. The normalized spacial score (nSPS) is 10.5. The van der Waals surface area contributed by atoms with Crippen LogP contribution < -0.4 is 5.73 Å². The lowest BCUT2D eigenvalue weighted by Gasteiger charge is -1.92. The number of rotatable bonds is 1. The summed E-state index contributed by atoms with van der Waals surface area (Å²) in [7, 11) is 0. The lowest BCUT2D eigenvalue weighted by Crippen LogP contribution is -2.08. The minimum Gasteiger partial charge on any atom is -0.506 e. The molecule has 1 heterocycles. The molecular formula is C9H8N2OS. The average molecular weight is 192 g/mol. The van der Waals surface area contributed by atoms with Gasteiger partial charge in [-0.2, -0.15) is 0 Å². The smallest absolute Gasteiger partial charge is 0.145 e. The van der Waals surface area contributed by atoms with E-state index in [0.717, 1.165) is 10.1 Å². The summed E-state index contributed by atoms with van der Waals surface area (Å²) in [5.74, 6) is 0.0341. The molecule has 4 heteroatoms. The highest BCUT2D eigenvalue weighted by Crippen LogP contribution is 2.35. The van der Waals surface area contributed by atoms with Gasteiger partial charge in [-0.15, -0.1) is 11.3 Å². The third-order valence-electron chi connectivity index (χ3n) is 1.81. The first-order valence-corrected chi connectivity index (χ1v) is 4.56. The molecule has 0 aliphatic heterocycles. The summed E-state index contributed by atoms with van der Waals surface area (Å²) >= 11 is 1.33. The van der Waals surface area contributed by atoms with E-state index in [2.05, 4.69) is 0 Å². The van der Waals surface area contributed by atoms with Gasteiger partial charge in [-0.05, 0) is 12.1 Å². The number of thiophene rings is 1. The number of amidine groups is 1. The van der Waals surface area contributed by atoms with E-state index >= 15 is 0 Å². The van der Waals surface area contributed by atoms with Crippen molar-refractivity contribution in [2.75, 3.05) is 0 Å². The maximum Gasteiger partial charge on any atom is 0.145 e. The van der Waals surface area contributed by atoms with Gasteiger partial charge in [-0.3, -0.25) is 5.41 Å². The van der Waals surface area contributed by atoms with E-state index < -0.39 is 0 Å². The second-order valence-corrected chi connectivity index (χ2v) is 3.74. The summed E-state index contributed by atoms with van der Waals surface area (Å²) in [6.45, 7) is 0. The fraction of sp³-hybridized carbons (Fsp3) is 0. The first-order valence-electron chi connectivity index (χ1n) is 3.75. The van der Waals surface area contributed by atoms with Crippen LogP contribution in [0, 0.1) is 5.41 Å². The van der Waals surface area contributed by atoms with Gasteiger partial charge in [0.2, 0.25) is 0 Å². The molecule has 0 fully saturated rings. The fourth-order valence-electron chi connectivity index (χ4n) is 1.21. The SMILES string of the molecule is N=C(N)c1sc2ccccc2c1O. The van der Waals surface area contributed by atoms with Crippen molar-refractivity contribution < 1.29 is 5.11 Å². The Morgan fingerprint density at radius 3 is 2.69 bits per heavy atom. The van der Waals surface area contributed by atoms with Crippen LogP contribution in [0.25, 0.3) is 10.1 Å². The Bertz CT molecular complexity index is 475. The molecule has 0 bridgehead atoms. The van der Waals surface area contributed by atoms with Crippen molar-refractivity contribution in [3.05, 3.63) is 29.1 Å². The number of fused-ring (bicyclic) bond motifs is 1. The third-order valence-corrected chi connectivity index (χ3v) is 3.01. The second-order valence-electron chi connectivity index (χ2n) is 2.69. The van der Waals surface area contributed by atoms with Crippen LogP contribution in [0.4, 0.5) is 0 Å².